The molecule has 0 aliphatic heterocycles. The fraction of sp³-hybridized carbons (Fsp3) is 0.667. The van der Waals surface area contributed by atoms with Crippen molar-refractivity contribution >= 4 is 19.7 Å². The molecule has 0 aromatic rings. The second-order valence-corrected chi connectivity index (χ2v) is 5.20. The predicted molar refractivity (Wildman–Crippen MR) is 43.7 cm³/mol. The number of halogens is 1. The van der Waals surface area contributed by atoms with E-state index < -0.39 is 14.3 Å². The van der Waals surface area contributed by atoms with Crippen molar-refractivity contribution in [3.05, 3.63) is 12.7 Å². The fourth-order valence-electron chi connectivity index (χ4n) is 0.493. The van der Waals surface area contributed by atoms with Crippen molar-refractivity contribution < 1.29 is 8.42 Å². The first kappa shape index (κ1) is 9.98. The summed E-state index contributed by atoms with van der Waals surface area (Å²) in [6.45, 7) is 5.07. The smallest absolute Gasteiger partial charge is 0.212 e. The van der Waals surface area contributed by atoms with Gasteiger partial charge in [0.1, 0.15) is 0 Å². The lowest BCUT2D eigenvalue weighted by Gasteiger charge is -2.03. The van der Waals surface area contributed by atoms with E-state index in [1.807, 2.05) is 0 Å². The van der Waals surface area contributed by atoms with Crippen molar-refractivity contribution in [1.82, 2.24) is 0 Å². The first-order chi connectivity index (χ1) is 4.48. The van der Waals surface area contributed by atoms with Crippen LogP contribution in [0.2, 0.25) is 0 Å². The van der Waals surface area contributed by atoms with Crippen LogP contribution < -0.4 is 0 Å². The van der Waals surface area contributed by atoms with Gasteiger partial charge in [-0.05, 0) is 19.8 Å². The van der Waals surface area contributed by atoms with Gasteiger partial charge in [0.25, 0.3) is 0 Å². The highest BCUT2D eigenvalue weighted by molar-refractivity contribution is 8.14. The summed E-state index contributed by atoms with van der Waals surface area (Å²) in [5.41, 5.74) is 0. The Kier molecular flexibility index (Phi) is 3.98. The number of rotatable bonds is 4. The first-order valence-electron chi connectivity index (χ1n) is 3.03. The molecule has 4 heteroatoms. The van der Waals surface area contributed by atoms with Gasteiger partial charge < -0.3 is 0 Å². The number of hydrogen-bond donors (Lipinski definition) is 0. The summed E-state index contributed by atoms with van der Waals surface area (Å²) in [4.78, 5) is 0. The van der Waals surface area contributed by atoms with Crippen LogP contribution >= 0.6 is 10.7 Å². The molecule has 0 N–H and O–H groups in total. The van der Waals surface area contributed by atoms with Gasteiger partial charge in [0.2, 0.25) is 9.05 Å². The van der Waals surface area contributed by atoms with Crippen LogP contribution in [-0.4, -0.2) is 13.7 Å². The van der Waals surface area contributed by atoms with Crippen LogP contribution in [0.25, 0.3) is 0 Å². The highest BCUT2D eigenvalue weighted by Crippen LogP contribution is 2.11. The van der Waals surface area contributed by atoms with Gasteiger partial charge in [-0.3, -0.25) is 0 Å². The molecule has 0 aromatic carbocycles. The van der Waals surface area contributed by atoms with Crippen molar-refractivity contribution in [3.8, 4) is 0 Å². The molecule has 0 bridgehead atoms. The SMILES string of the molecule is C=CCCC(C)S(=O)(=O)Cl. The van der Waals surface area contributed by atoms with Crippen LogP contribution in [0.5, 0.6) is 0 Å². The summed E-state index contributed by atoms with van der Waals surface area (Å²) in [6.07, 6.45) is 2.92. The largest absolute Gasteiger partial charge is 0.235 e. The van der Waals surface area contributed by atoms with Gasteiger partial charge in [-0.1, -0.05) is 6.08 Å². The lowest BCUT2D eigenvalue weighted by molar-refractivity contribution is 0.592. The van der Waals surface area contributed by atoms with Gasteiger partial charge in [0, 0.05) is 10.7 Å². The van der Waals surface area contributed by atoms with E-state index in [1.165, 1.54) is 0 Å². The third kappa shape index (κ3) is 3.90. The maximum atomic E-state index is 10.6. The molecule has 1 unspecified atom stereocenters. The molecule has 0 amide bonds. The second-order valence-electron chi connectivity index (χ2n) is 2.15. The van der Waals surface area contributed by atoms with E-state index in [1.54, 1.807) is 13.0 Å². The summed E-state index contributed by atoms with van der Waals surface area (Å²) < 4.78 is 21.1. The zero-order chi connectivity index (χ0) is 8.20. The van der Waals surface area contributed by atoms with Crippen molar-refractivity contribution in [2.75, 3.05) is 0 Å². The van der Waals surface area contributed by atoms with Crippen LogP contribution in [0.15, 0.2) is 12.7 Å². The van der Waals surface area contributed by atoms with E-state index >= 15 is 0 Å². The molecule has 0 fully saturated rings. The van der Waals surface area contributed by atoms with Crippen LogP contribution in [0.4, 0.5) is 0 Å². The highest BCUT2D eigenvalue weighted by atomic mass is 35.7. The molecule has 60 valence electrons. The number of hydrogen-bond acceptors (Lipinski definition) is 2. The van der Waals surface area contributed by atoms with E-state index in [0.29, 0.717) is 12.8 Å². The van der Waals surface area contributed by atoms with Crippen molar-refractivity contribution in [2.24, 2.45) is 0 Å². The monoisotopic (exact) mass is 182 g/mol. The summed E-state index contributed by atoms with van der Waals surface area (Å²) in [7, 11) is 1.71. The summed E-state index contributed by atoms with van der Waals surface area (Å²) >= 11 is 0. The molecule has 0 heterocycles. The molecule has 0 saturated heterocycles. The van der Waals surface area contributed by atoms with Gasteiger partial charge in [0.05, 0.1) is 5.25 Å². The molecule has 0 saturated carbocycles. The maximum absolute atomic E-state index is 10.6. The topological polar surface area (TPSA) is 34.1 Å². The van der Waals surface area contributed by atoms with Crippen molar-refractivity contribution in [2.45, 2.75) is 25.0 Å². The van der Waals surface area contributed by atoms with Crippen molar-refractivity contribution in [3.63, 3.8) is 0 Å². The van der Waals surface area contributed by atoms with Gasteiger partial charge in [-0.2, -0.15) is 0 Å². The molecule has 1 atom stereocenters. The van der Waals surface area contributed by atoms with E-state index in [0.717, 1.165) is 0 Å². The van der Waals surface area contributed by atoms with Gasteiger partial charge in [-0.15, -0.1) is 6.58 Å². The molecule has 0 aromatic heterocycles. The molecule has 0 rings (SSSR count). The summed E-state index contributed by atoms with van der Waals surface area (Å²) in [6, 6.07) is 0. The fourth-order valence-corrected chi connectivity index (χ4v) is 1.18. The summed E-state index contributed by atoms with van der Waals surface area (Å²) in [5.74, 6) is 0. The van der Waals surface area contributed by atoms with Gasteiger partial charge in [0.15, 0.2) is 0 Å². The first-order valence-corrected chi connectivity index (χ1v) is 5.40. The lowest BCUT2D eigenvalue weighted by atomic mass is 10.2. The van der Waals surface area contributed by atoms with Crippen LogP contribution in [0.3, 0.4) is 0 Å². The standard InChI is InChI=1S/C6H11ClO2S/c1-3-4-5-6(2)10(7,8)9/h3,6H,1,4-5H2,2H3. The van der Waals surface area contributed by atoms with E-state index in [2.05, 4.69) is 6.58 Å². The average molecular weight is 183 g/mol. The average Bonchev–Trinajstić information content (AvgIpc) is 1.80. The molecular weight excluding hydrogens is 172 g/mol. The zero-order valence-corrected chi connectivity index (χ0v) is 7.45. The Bertz CT molecular complexity index is 196. The van der Waals surface area contributed by atoms with Crippen LogP contribution in [-0.2, 0) is 9.05 Å². The zero-order valence-electron chi connectivity index (χ0n) is 5.88. The minimum absolute atomic E-state index is 0.466. The third-order valence-corrected chi connectivity index (χ3v) is 3.37. The normalized spacial score (nSPS) is 14.6. The minimum atomic E-state index is -3.35. The van der Waals surface area contributed by atoms with Crippen LogP contribution in [0.1, 0.15) is 19.8 Å². The molecule has 0 radical (unpaired) electrons. The molecular formula is C6H11ClO2S. The van der Waals surface area contributed by atoms with E-state index in [-0.39, 0.29) is 0 Å². The minimum Gasteiger partial charge on any atom is -0.212 e. The molecule has 0 aliphatic carbocycles. The third-order valence-electron chi connectivity index (χ3n) is 1.26. The van der Waals surface area contributed by atoms with Crippen LogP contribution in [0, 0.1) is 0 Å². The van der Waals surface area contributed by atoms with E-state index in [4.69, 9.17) is 10.7 Å². The molecule has 0 aliphatic rings. The Morgan fingerprint density at radius 2 is 2.20 bits per heavy atom. The van der Waals surface area contributed by atoms with Gasteiger partial charge >= 0.3 is 0 Å². The number of allylic oxidation sites excluding steroid dienone is 1. The Morgan fingerprint density at radius 3 is 2.50 bits per heavy atom. The highest BCUT2D eigenvalue weighted by Gasteiger charge is 2.15. The maximum Gasteiger partial charge on any atom is 0.235 e. The molecule has 0 spiro atoms. The molecule has 10 heavy (non-hydrogen) atoms. The van der Waals surface area contributed by atoms with E-state index in [9.17, 15) is 8.42 Å². The quantitative estimate of drug-likeness (QED) is 0.492. The Labute approximate surface area is 66.3 Å². The Morgan fingerprint density at radius 1 is 1.70 bits per heavy atom. The summed E-state index contributed by atoms with van der Waals surface area (Å²) in [5, 5.41) is -0.466. The van der Waals surface area contributed by atoms with Gasteiger partial charge in [-0.25, -0.2) is 8.42 Å². The Hall–Kier alpha value is -0.0200. The van der Waals surface area contributed by atoms with Crippen molar-refractivity contribution in [1.29, 1.82) is 0 Å². The molecule has 2 nitrogen and oxygen atoms in total. The Balaban J connectivity index is 3.86. The lowest BCUT2D eigenvalue weighted by Crippen LogP contribution is -2.10. The second kappa shape index (κ2) is 3.98. The predicted octanol–water partition coefficient (Wildman–Crippen LogP) is 1.91.